The van der Waals surface area contributed by atoms with E-state index in [-0.39, 0.29) is 17.5 Å². The molecule has 12 heteroatoms. The minimum Gasteiger partial charge on any atom is -0.489 e. The molecule has 7 rings (SSSR count). The van der Waals surface area contributed by atoms with Crippen molar-refractivity contribution in [2.45, 2.75) is 6.04 Å². The maximum Gasteiger partial charge on any atom is 0.168 e. The molecule has 1 atom stereocenters. The molecule has 5 aromatic rings. The topological polar surface area (TPSA) is 102 Å². The predicted octanol–water partition coefficient (Wildman–Crippen LogP) is 3.66. The zero-order valence-electron chi connectivity index (χ0n) is 19.4. The lowest BCUT2D eigenvalue weighted by Gasteiger charge is -2.32. The number of hydrogen-bond donors (Lipinski definition) is 2. The second kappa shape index (κ2) is 8.52. The number of nitrogens with one attached hydrogen (secondary N) is 2. The smallest absolute Gasteiger partial charge is 0.168 e. The van der Waals surface area contributed by atoms with E-state index in [1.807, 2.05) is 12.1 Å². The van der Waals surface area contributed by atoms with Crippen molar-refractivity contribution in [3.63, 3.8) is 0 Å². The summed E-state index contributed by atoms with van der Waals surface area (Å²) in [7, 11) is 0. The average molecular weight is 502 g/mol. The summed E-state index contributed by atoms with van der Waals surface area (Å²) >= 11 is 0. The molecule has 0 amide bonds. The molecule has 0 saturated carbocycles. The normalized spacial score (nSPS) is 16.8. The first kappa shape index (κ1) is 21.7. The Morgan fingerprint density at radius 3 is 2.95 bits per heavy atom. The van der Waals surface area contributed by atoms with Crippen LogP contribution < -0.4 is 25.0 Å². The number of fused-ring (bicyclic) bond motifs is 7. The van der Waals surface area contributed by atoms with Gasteiger partial charge in [0.25, 0.3) is 0 Å². The van der Waals surface area contributed by atoms with Gasteiger partial charge in [-0.1, -0.05) is 0 Å². The Balaban J connectivity index is 1.24. The molecule has 3 aromatic heterocycles. The lowest BCUT2D eigenvalue weighted by atomic mass is 10.1. The average Bonchev–Trinajstić information content (AvgIpc) is 3.33. The van der Waals surface area contributed by atoms with E-state index < -0.39 is 11.6 Å². The summed E-state index contributed by atoms with van der Waals surface area (Å²) in [5.41, 5.74) is 1.98. The van der Waals surface area contributed by atoms with Crippen LogP contribution in [0.5, 0.6) is 17.2 Å². The molecule has 1 fully saturated rings. The number of aromatic nitrogens is 5. The minimum atomic E-state index is -0.746. The van der Waals surface area contributed by atoms with Crippen LogP contribution >= 0.6 is 0 Å². The van der Waals surface area contributed by atoms with Gasteiger partial charge in [0.1, 0.15) is 30.8 Å². The molecule has 0 unspecified atom stereocenters. The van der Waals surface area contributed by atoms with Crippen LogP contribution in [0.25, 0.3) is 16.6 Å². The lowest BCUT2D eigenvalue weighted by molar-refractivity contribution is 0.273. The van der Waals surface area contributed by atoms with E-state index in [0.717, 1.165) is 37.5 Å². The van der Waals surface area contributed by atoms with Crippen LogP contribution in [0.3, 0.4) is 0 Å². The van der Waals surface area contributed by atoms with Crippen molar-refractivity contribution in [3.05, 3.63) is 66.9 Å². The fraction of sp³-hybridized carbons (Fsp3) is 0.200. The lowest BCUT2D eigenvalue weighted by Crippen LogP contribution is -2.51. The van der Waals surface area contributed by atoms with E-state index in [1.54, 1.807) is 18.3 Å². The number of hydrogen-bond acceptors (Lipinski definition) is 9. The monoisotopic (exact) mass is 502 g/mol. The summed E-state index contributed by atoms with van der Waals surface area (Å²) in [5, 5.41) is 11.0. The number of nitrogens with zero attached hydrogens (tertiary/aromatic N) is 6. The summed E-state index contributed by atoms with van der Waals surface area (Å²) in [4.78, 5) is 15.0. The molecule has 2 N–H and O–H groups in total. The van der Waals surface area contributed by atoms with Crippen molar-refractivity contribution in [3.8, 4) is 17.2 Å². The Kier molecular flexibility index (Phi) is 4.99. The van der Waals surface area contributed by atoms with Gasteiger partial charge in [-0.15, -0.1) is 0 Å². The van der Waals surface area contributed by atoms with Gasteiger partial charge in [0.15, 0.2) is 28.8 Å². The predicted molar refractivity (Wildman–Crippen MR) is 132 cm³/mol. The Bertz CT molecular complexity index is 1660. The van der Waals surface area contributed by atoms with Crippen molar-refractivity contribution in [2.75, 3.05) is 36.5 Å². The van der Waals surface area contributed by atoms with Crippen LogP contribution in [0.15, 0.2) is 55.2 Å². The van der Waals surface area contributed by atoms with Crippen molar-refractivity contribution >= 4 is 33.7 Å². The summed E-state index contributed by atoms with van der Waals surface area (Å²) < 4.78 is 43.5. The molecule has 5 heterocycles. The number of anilines is 3. The van der Waals surface area contributed by atoms with Gasteiger partial charge in [0.05, 0.1) is 28.3 Å². The molecule has 186 valence electrons. The molecular weight excluding hydrogens is 482 g/mol. The maximum atomic E-state index is 15.2. The molecule has 1 saturated heterocycles. The second-order valence-electron chi connectivity index (χ2n) is 8.85. The largest absolute Gasteiger partial charge is 0.489 e. The fourth-order valence-electron chi connectivity index (χ4n) is 4.76. The number of ether oxygens (including phenoxy) is 2. The van der Waals surface area contributed by atoms with Gasteiger partial charge in [-0.3, -0.25) is 0 Å². The molecule has 2 aliphatic heterocycles. The highest BCUT2D eigenvalue weighted by Gasteiger charge is 2.29. The van der Waals surface area contributed by atoms with Crippen LogP contribution in [0.2, 0.25) is 0 Å². The molecular formula is C25H20F2N8O2. The summed E-state index contributed by atoms with van der Waals surface area (Å²) in [6, 6.07) is 9.25. The van der Waals surface area contributed by atoms with Crippen molar-refractivity contribution in [1.82, 2.24) is 29.9 Å². The van der Waals surface area contributed by atoms with E-state index in [0.29, 0.717) is 40.5 Å². The van der Waals surface area contributed by atoms with Gasteiger partial charge < -0.3 is 25.0 Å². The van der Waals surface area contributed by atoms with Crippen molar-refractivity contribution < 1.29 is 18.3 Å². The van der Waals surface area contributed by atoms with Crippen molar-refractivity contribution in [1.29, 1.82) is 0 Å². The van der Waals surface area contributed by atoms with E-state index in [1.165, 1.54) is 17.2 Å². The SMILES string of the molecule is Fc1cc(Oc2ccn3ncnc3c2)c(F)cc1Nc1ncnc2ccc3c(c12)OC[C@H]1CN3CCN1. The summed E-state index contributed by atoms with van der Waals surface area (Å²) in [6.45, 7) is 2.99. The van der Waals surface area contributed by atoms with Crippen LogP contribution in [-0.2, 0) is 0 Å². The third-order valence-corrected chi connectivity index (χ3v) is 6.52. The molecule has 0 spiro atoms. The molecule has 2 aliphatic rings. The third-order valence-electron chi connectivity index (χ3n) is 6.52. The Hall–Kier alpha value is -4.58. The van der Waals surface area contributed by atoms with E-state index in [9.17, 15) is 0 Å². The Morgan fingerprint density at radius 1 is 1.05 bits per heavy atom. The van der Waals surface area contributed by atoms with Crippen LogP contribution in [0.4, 0.5) is 26.0 Å². The highest BCUT2D eigenvalue weighted by molar-refractivity contribution is 6.00. The van der Waals surface area contributed by atoms with Gasteiger partial charge in [-0.05, 0) is 18.2 Å². The summed E-state index contributed by atoms with van der Waals surface area (Å²) in [5.74, 6) is -0.476. The van der Waals surface area contributed by atoms with Crippen LogP contribution in [0, 0.1) is 11.6 Å². The highest BCUT2D eigenvalue weighted by atomic mass is 19.1. The van der Waals surface area contributed by atoms with Gasteiger partial charge >= 0.3 is 0 Å². The first-order chi connectivity index (χ1) is 18.1. The Labute approximate surface area is 208 Å². The first-order valence-corrected chi connectivity index (χ1v) is 11.7. The number of rotatable bonds is 4. The first-order valence-electron chi connectivity index (χ1n) is 11.7. The number of benzene rings is 2. The van der Waals surface area contributed by atoms with E-state index in [4.69, 9.17) is 9.47 Å². The third kappa shape index (κ3) is 3.82. The molecule has 2 aromatic carbocycles. The highest BCUT2D eigenvalue weighted by Crippen LogP contribution is 2.42. The number of halogens is 2. The molecule has 0 radical (unpaired) electrons. The standard InChI is InChI=1S/C25H20F2N8O2/c26-16-9-21(37-15-3-5-35-22(7-15)30-13-32-35)17(27)8-19(16)33-25-23-18(29-12-31-25)1-2-20-24(23)36-11-14-10-34(20)6-4-28-14/h1-3,5,7-9,12-14,28H,4,6,10-11H2,(H,29,31,33)/t14-/m1/s1. The van der Waals surface area contributed by atoms with Gasteiger partial charge in [0, 0.05) is 44.0 Å². The zero-order chi connectivity index (χ0) is 24.9. The van der Waals surface area contributed by atoms with E-state index >= 15 is 8.78 Å². The minimum absolute atomic E-state index is 0.0929. The maximum absolute atomic E-state index is 15.2. The number of piperazine rings is 1. The molecule has 10 nitrogen and oxygen atoms in total. The fourth-order valence-corrected chi connectivity index (χ4v) is 4.76. The van der Waals surface area contributed by atoms with Gasteiger partial charge in [0.2, 0.25) is 0 Å². The van der Waals surface area contributed by atoms with Crippen LogP contribution in [-0.4, -0.2) is 56.8 Å². The van der Waals surface area contributed by atoms with Gasteiger partial charge in [-0.25, -0.2) is 28.2 Å². The Morgan fingerprint density at radius 2 is 2.00 bits per heavy atom. The van der Waals surface area contributed by atoms with E-state index in [2.05, 4.69) is 35.6 Å². The zero-order valence-corrected chi connectivity index (χ0v) is 19.4. The summed E-state index contributed by atoms with van der Waals surface area (Å²) in [6.07, 6.45) is 4.38. The van der Waals surface area contributed by atoms with Crippen molar-refractivity contribution in [2.24, 2.45) is 0 Å². The second-order valence-corrected chi connectivity index (χ2v) is 8.85. The number of pyridine rings is 1. The molecule has 2 bridgehead atoms. The van der Waals surface area contributed by atoms with Crippen LogP contribution in [0.1, 0.15) is 0 Å². The quantitative estimate of drug-likeness (QED) is 0.381. The molecule has 37 heavy (non-hydrogen) atoms. The molecule has 0 aliphatic carbocycles. The van der Waals surface area contributed by atoms with Gasteiger partial charge in [-0.2, -0.15) is 5.10 Å².